The predicted octanol–water partition coefficient (Wildman–Crippen LogP) is 7.24. The van der Waals surface area contributed by atoms with E-state index in [1.54, 1.807) is 0 Å². The number of benzene rings is 4. The molecular formula is C27H19N. The van der Waals surface area contributed by atoms with Crippen LogP contribution in [0.5, 0.6) is 0 Å². The van der Waals surface area contributed by atoms with Gasteiger partial charge in [-0.3, -0.25) is 0 Å². The Balaban J connectivity index is 1.63. The van der Waals surface area contributed by atoms with Crippen LogP contribution in [0.1, 0.15) is 0 Å². The fourth-order valence-electron chi connectivity index (χ4n) is 3.64. The van der Waals surface area contributed by atoms with E-state index < -0.39 is 0 Å². The van der Waals surface area contributed by atoms with Gasteiger partial charge < -0.3 is 0 Å². The molecule has 0 amide bonds. The fraction of sp³-hybridized carbons (Fsp3) is 0. The second-order valence-electron chi connectivity index (χ2n) is 6.88. The third-order valence-corrected chi connectivity index (χ3v) is 5.09. The maximum absolute atomic E-state index is 4.93. The van der Waals surface area contributed by atoms with E-state index in [9.17, 15) is 0 Å². The molecule has 0 atom stereocenters. The molecule has 1 nitrogen and oxygen atoms in total. The van der Waals surface area contributed by atoms with Gasteiger partial charge in [0.1, 0.15) is 0 Å². The van der Waals surface area contributed by atoms with E-state index in [2.05, 4.69) is 103 Å². The van der Waals surface area contributed by atoms with Crippen molar-refractivity contribution in [1.82, 2.24) is 4.98 Å². The number of hydrogen-bond donors (Lipinski definition) is 0. The van der Waals surface area contributed by atoms with E-state index in [4.69, 9.17) is 4.98 Å². The highest BCUT2D eigenvalue weighted by Crippen LogP contribution is 2.32. The highest BCUT2D eigenvalue weighted by Gasteiger charge is 2.09. The van der Waals surface area contributed by atoms with Crippen LogP contribution in [0.25, 0.3) is 44.4 Å². The van der Waals surface area contributed by atoms with Crippen molar-refractivity contribution < 1.29 is 0 Å². The summed E-state index contributed by atoms with van der Waals surface area (Å²) in [6.45, 7) is 0. The molecule has 132 valence electrons. The Bertz CT molecular complexity index is 1220. The first-order chi connectivity index (χ1) is 13.9. The zero-order valence-electron chi connectivity index (χ0n) is 15.4. The molecule has 4 aromatic carbocycles. The van der Waals surface area contributed by atoms with Crippen molar-refractivity contribution in [3.8, 4) is 33.5 Å². The molecule has 0 N–H and O–H groups in total. The van der Waals surface area contributed by atoms with Crippen LogP contribution in [0.2, 0.25) is 0 Å². The summed E-state index contributed by atoms with van der Waals surface area (Å²) < 4.78 is 0. The number of pyridine rings is 1. The van der Waals surface area contributed by atoms with E-state index in [1.165, 1.54) is 27.6 Å². The average molecular weight is 357 g/mol. The van der Waals surface area contributed by atoms with Crippen molar-refractivity contribution in [2.75, 3.05) is 0 Å². The van der Waals surface area contributed by atoms with Gasteiger partial charge in [0.05, 0.1) is 11.2 Å². The largest absolute Gasteiger partial charge is 0.248 e. The highest BCUT2D eigenvalue weighted by atomic mass is 14.7. The van der Waals surface area contributed by atoms with Gasteiger partial charge >= 0.3 is 0 Å². The molecule has 5 rings (SSSR count). The Kier molecular flexibility index (Phi) is 4.19. The van der Waals surface area contributed by atoms with Crippen LogP contribution in [0.4, 0.5) is 0 Å². The topological polar surface area (TPSA) is 12.9 Å². The molecule has 0 aliphatic rings. The third kappa shape index (κ3) is 3.08. The lowest BCUT2D eigenvalue weighted by atomic mass is 9.97. The van der Waals surface area contributed by atoms with Gasteiger partial charge in [0, 0.05) is 10.9 Å². The molecule has 0 aliphatic carbocycles. The van der Waals surface area contributed by atoms with Crippen LogP contribution in [0, 0.1) is 0 Å². The Labute approximate surface area is 165 Å². The van der Waals surface area contributed by atoms with E-state index in [1.807, 2.05) is 12.1 Å². The lowest BCUT2D eigenvalue weighted by Crippen LogP contribution is -1.90. The van der Waals surface area contributed by atoms with Crippen molar-refractivity contribution in [3.63, 3.8) is 0 Å². The molecule has 5 aromatic rings. The predicted molar refractivity (Wildman–Crippen MR) is 118 cm³/mol. The number of fused-ring (bicyclic) bond motifs is 1. The Morgan fingerprint density at radius 1 is 0.429 bits per heavy atom. The molecule has 0 fully saturated rings. The average Bonchev–Trinajstić information content (AvgIpc) is 2.79. The minimum absolute atomic E-state index is 0.997. The number of rotatable bonds is 3. The molecule has 0 saturated carbocycles. The van der Waals surface area contributed by atoms with Gasteiger partial charge in [0.2, 0.25) is 0 Å². The van der Waals surface area contributed by atoms with Gasteiger partial charge in [-0.15, -0.1) is 0 Å². The zero-order chi connectivity index (χ0) is 18.8. The van der Waals surface area contributed by atoms with Crippen LogP contribution < -0.4 is 0 Å². The van der Waals surface area contributed by atoms with Crippen molar-refractivity contribution in [3.05, 3.63) is 115 Å². The first-order valence-corrected chi connectivity index (χ1v) is 9.49. The van der Waals surface area contributed by atoms with Crippen LogP contribution in [-0.2, 0) is 0 Å². The first-order valence-electron chi connectivity index (χ1n) is 9.49. The van der Waals surface area contributed by atoms with Gasteiger partial charge in [-0.1, -0.05) is 103 Å². The number of aromatic nitrogens is 1. The molecule has 1 heterocycles. The van der Waals surface area contributed by atoms with Crippen molar-refractivity contribution in [2.45, 2.75) is 0 Å². The Morgan fingerprint density at radius 3 is 1.68 bits per heavy atom. The van der Waals surface area contributed by atoms with E-state index in [0.717, 1.165) is 16.8 Å². The molecule has 0 aliphatic heterocycles. The summed E-state index contributed by atoms with van der Waals surface area (Å²) in [5.41, 5.74) is 8.02. The normalized spacial score (nSPS) is 10.9. The molecule has 0 unspecified atom stereocenters. The third-order valence-electron chi connectivity index (χ3n) is 5.09. The SMILES string of the molecule is c1ccc(-c2ccc(-c3cc(-c4ccccc4)c4ccccc4n3)cc2)cc1. The maximum atomic E-state index is 4.93. The van der Waals surface area contributed by atoms with Crippen molar-refractivity contribution >= 4 is 10.9 Å². The monoisotopic (exact) mass is 357 g/mol. The van der Waals surface area contributed by atoms with Crippen LogP contribution in [0.15, 0.2) is 115 Å². The second kappa shape index (κ2) is 7.13. The quantitative estimate of drug-likeness (QED) is 0.332. The summed E-state index contributed by atoms with van der Waals surface area (Å²) in [5, 5.41) is 1.18. The van der Waals surface area contributed by atoms with E-state index >= 15 is 0 Å². The number of hydrogen-bond acceptors (Lipinski definition) is 1. The molecular weight excluding hydrogens is 338 g/mol. The maximum Gasteiger partial charge on any atom is 0.0715 e. The highest BCUT2D eigenvalue weighted by molar-refractivity contribution is 5.96. The molecule has 0 bridgehead atoms. The molecule has 0 saturated heterocycles. The summed E-state index contributed by atoms with van der Waals surface area (Å²) in [6, 6.07) is 40.2. The van der Waals surface area contributed by atoms with E-state index in [0.29, 0.717) is 0 Å². The minimum atomic E-state index is 0.997. The van der Waals surface area contributed by atoms with Gasteiger partial charge in [0.25, 0.3) is 0 Å². The van der Waals surface area contributed by atoms with Crippen LogP contribution in [-0.4, -0.2) is 4.98 Å². The summed E-state index contributed by atoms with van der Waals surface area (Å²) in [7, 11) is 0. The number of nitrogens with zero attached hydrogens (tertiary/aromatic N) is 1. The summed E-state index contributed by atoms with van der Waals surface area (Å²) >= 11 is 0. The Hall–Kier alpha value is -3.71. The lowest BCUT2D eigenvalue weighted by molar-refractivity contribution is 1.40. The molecule has 1 heteroatoms. The van der Waals surface area contributed by atoms with Crippen molar-refractivity contribution in [1.29, 1.82) is 0 Å². The van der Waals surface area contributed by atoms with Crippen LogP contribution >= 0.6 is 0 Å². The second-order valence-corrected chi connectivity index (χ2v) is 6.88. The van der Waals surface area contributed by atoms with Crippen molar-refractivity contribution in [2.24, 2.45) is 0 Å². The molecule has 1 aromatic heterocycles. The van der Waals surface area contributed by atoms with Gasteiger partial charge in [0.15, 0.2) is 0 Å². The molecule has 0 spiro atoms. The summed E-state index contributed by atoms with van der Waals surface area (Å²) in [6.07, 6.45) is 0. The zero-order valence-corrected chi connectivity index (χ0v) is 15.4. The minimum Gasteiger partial charge on any atom is -0.248 e. The summed E-state index contributed by atoms with van der Waals surface area (Å²) in [4.78, 5) is 4.93. The standard InChI is InChI=1S/C27H19N/c1-3-9-20(10-4-1)21-15-17-23(18-16-21)27-19-25(22-11-5-2-6-12-22)24-13-7-8-14-26(24)28-27/h1-19H. The molecule has 0 radical (unpaired) electrons. The number of para-hydroxylation sites is 1. The smallest absolute Gasteiger partial charge is 0.0715 e. The lowest BCUT2D eigenvalue weighted by Gasteiger charge is -2.11. The Morgan fingerprint density at radius 2 is 0.964 bits per heavy atom. The summed E-state index contributed by atoms with van der Waals surface area (Å²) in [5.74, 6) is 0. The molecule has 28 heavy (non-hydrogen) atoms. The van der Waals surface area contributed by atoms with E-state index in [-0.39, 0.29) is 0 Å². The van der Waals surface area contributed by atoms with Gasteiger partial charge in [-0.05, 0) is 34.4 Å². The first kappa shape index (κ1) is 16.5. The van der Waals surface area contributed by atoms with Crippen LogP contribution in [0.3, 0.4) is 0 Å². The van der Waals surface area contributed by atoms with Gasteiger partial charge in [-0.25, -0.2) is 4.98 Å². The fourth-order valence-corrected chi connectivity index (χ4v) is 3.64. The van der Waals surface area contributed by atoms with Gasteiger partial charge in [-0.2, -0.15) is 0 Å².